The van der Waals surface area contributed by atoms with E-state index < -0.39 is 17.6 Å². The fraction of sp³-hybridized carbons (Fsp3) is 1.00. The smallest absolute Gasteiger partial charge is 0.314 e. The molecule has 0 spiro atoms. The van der Waals surface area contributed by atoms with Crippen LogP contribution in [0.5, 0.6) is 0 Å². The molecule has 0 fully saturated rings. The molecule has 0 aliphatic rings. The Morgan fingerprint density at radius 1 is 1.25 bits per heavy atom. The van der Waals surface area contributed by atoms with Gasteiger partial charge in [0.1, 0.15) is 0 Å². The molecular weight excluding hydrogens is 167 g/mol. The number of rotatable bonds is 3. The zero-order valence-corrected chi connectivity index (χ0v) is 7.92. The Morgan fingerprint density at radius 3 is 1.75 bits per heavy atom. The van der Waals surface area contributed by atoms with Crippen LogP contribution in [0.4, 0.5) is 13.2 Å². The number of nitrogens with one attached hydrogen (secondary N) is 1. The topological polar surface area (TPSA) is 12.0 Å². The van der Waals surface area contributed by atoms with Gasteiger partial charge in [0.05, 0.1) is 5.92 Å². The maximum atomic E-state index is 12.4. The third-order valence-corrected chi connectivity index (χ3v) is 2.32. The summed E-state index contributed by atoms with van der Waals surface area (Å²) >= 11 is 0. The minimum Gasteiger partial charge on any atom is -0.314 e. The summed E-state index contributed by atoms with van der Waals surface area (Å²) in [6.07, 6.45) is -4.00. The second-order valence-corrected chi connectivity index (χ2v) is 3.47. The molecule has 1 nitrogen and oxygen atoms in total. The lowest BCUT2D eigenvalue weighted by molar-refractivity contribution is -0.193. The largest absolute Gasteiger partial charge is 0.393 e. The summed E-state index contributed by atoms with van der Waals surface area (Å²) in [5, 5.41) is 2.68. The molecule has 0 aromatic carbocycles. The molecule has 0 aromatic heterocycles. The van der Waals surface area contributed by atoms with Gasteiger partial charge in [-0.25, -0.2) is 0 Å². The van der Waals surface area contributed by atoms with Crippen LogP contribution in [0, 0.1) is 5.92 Å². The standard InChI is InChI=1S/C8H16F3N/c1-5-6(8(9,10)11)7(2,3)12-4/h6,12H,5H2,1-4H3. The molecular formula is C8H16F3N. The Hall–Kier alpha value is -0.250. The molecule has 1 unspecified atom stereocenters. The van der Waals surface area contributed by atoms with Crippen molar-refractivity contribution in [1.82, 2.24) is 5.32 Å². The lowest BCUT2D eigenvalue weighted by Gasteiger charge is -2.34. The predicted octanol–water partition coefficient (Wildman–Crippen LogP) is 2.57. The highest BCUT2D eigenvalue weighted by Crippen LogP contribution is 2.36. The van der Waals surface area contributed by atoms with Crippen molar-refractivity contribution < 1.29 is 13.2 Å². The van der Waals surface area contributed by atoms with Crippen molar-refractivity contribution in [2.45, 2.75) is 38.9 Å². The van der Waals surface area contributed by atoms with Crippen LogP contribution in [-0.4, -0.2) is 18.8 Å². The van der Waals surface area contributed by atoms with Crippen LogP contribution in [0.1, 0.15) is 27.2 Å². The zero-order valence-electron chi connectivity index (χ0n) is 7.92. The van der Waals surface area contributed by atoms with Crippen molar-refractivity contribution in [2.75, 3.05) is 7.05 Å². The minimum atomic E-state index is -4.11. The van der Waals surface area contributed by atoms with Crippen molar-refractivity contribution in [3.8, 4) is 0 Å². The second-order valence-electron chi connectivity index (χ2n) is 3.47. The first-order valence-corrected chi connectivity index (χ1v) is 4.01. The van der Waals surface area contributed by atoms with Gasteiger partial charge in [0.15, 0.2) is 0 Å². The van der Waals surface area contributed by atoms with Gasteiger partial charge in [0.25, 0.3) is 0 Å². The first kappa shape index (κ1) is 11.8. The Kier molecular flexibility index (Phi) is 3.57. The fourth-order valence-corrected chi connectivity index (χ4v) is 1.33. The average Bonchev–Trinajstić information content (AvgIpc) is 1.85. The molecule has 0 aliphatic carbocycles. The quantitative estimate of drug-likeness (QED) is 0.709. The zero-order chi connectivity index (χ0) is 9.99. The van der Waals surface area contributed by atoms with Crippen molar-refractivity contribution in [3.05, 3.63) is 0 Å². The van der Waals surface area contributed by atoms with E-state index in [0.29, 0.717) is 0 Å². The first-order chi connectivity index (χ1) is 5.25. The van der Waals surface area contributed by atoms with Gasteiger partial charge in [0, 0.05) is 5.54 Å². The van der Waals surface area contributed by atoms with Crippen LogP contribution < -0.4 is 5.32 Å². The molecule has 0 amide bonds. The van der Waals surface area contributed by atoms with Gasteiger partial charge >= 0.3 is 6.18 Å². The second kappa shape index (κ2) is 3.64. The Balaban J connectivity index is 4.56. The van der Waals surface area contributed by atoms with Gasteiger partial charge in [-0.05, 0) is 27.3 Å². The summed E-state index contributed by atoms with van der Waals surface area (Å²) in [5.74, 6) is -1.28. The molecule has 0 aromatic rings. The van der Waals surface area contributed by atoms with E-state index in [4.69, 9.17) is 0 Å². The molecule has 1 atom stereocenters. The van der Waals surface area contributed by atoms with Gasteiger partial charge < -0.3 is 5.32 Å². The summed E-state index contributed by atoms with van der Waals surface area (Å²) in [6, 6.07) is 0. The molecule has 0 heterocycles. The number of halogens is 3. The van der Waals surface area contributed by atoms with E-state index in [1.54, 1.807) is 27.8 Å². The normalized spacial score (nSPS) is 16.2. The summed E-state index contributed by atoms with van der Waals surface area (Å²) in [4.78, 5) is 0. The molecule has 0 rings (SSSR count). The SMILES string of the molecule is CCC(C(F)(F)F)C(C)(C)NC. The molecule has 4 heteroatoms. The van der Waals surface area contributed by atoms with E-state index in [-0.39, 0.29) is 6.42 Å². The van der Waals surface area contributed by atoms with E-state index >= 15 is 0 Å². The molecule has 1 N–H and O–H groups in total. The predicted molar refractivity (Wildman–Crippen MR) is 43.0 cm³/mol. The van der Waals surface area contributed by atoms with Crippen molar-refractivity contribution >= 4 is 0 Å². The van der Waals surface area contributed by atoms with Crippen LogP contribution in [-0.2, 0) is 0 Å². The lowest BCUT2D eigenvalue weighted by atomic mass is 9.85. The van der Waals surface area contributed by atoms with Gasteiger partial charge in [0.2, 0.25) is 0 Å². The van der Waals surface area contributed by atoms with Gasteiger partial charge in [-0.3, -0.25) is 0 Å². The third kappa shape index (κ3) is 2.66. The first-order valence-electron chi connectivity index (χ1n) is 4.01. The molecule has 0 bridgehead atoms. The third-order valence-electron chi connectivity index (χ3n) is 2.32. The Bertz CT molecular complexity index is 140. The lowest BCUT2D eigenvalue weighted by Crippen LogP contribution is -2.49. The molecule has 0 aliphatic heterocycles. The van der Waals surface area contributed by atoms with Crippen LogP contribution >= 0.6 is 0 Å². The van der Waals surface area contributed by atoms with Crippen LogP contribution in [0.15, 0.2) is 0 Å². The minimum absolute atomic E-state index is 0.108. The highest BCUT2D eigenvalue weighted by Gasteiger charge is 2.46. The van der Waals surface area contributed by atoms with E-state index in [1.165, 1.54) is 0 Å². The summed E-state index contributed by atoms with van der Waals surface area (Å²) in [6.45, 7) is 4.68. The number of hydrogen-bond acceptors (Lipinski definition) is 1. The maximum absolute atomic E-state index is 12.4. The fourth-order valence-electron chi connectivity index (χ4n) is 1.33. The maximum Gasteiger partial charge on any atom is 0.393 e. The Labute approximate surface area is 71.3 Å². The van der Waals surface area contributed by atoms with Crippen LogP contribution in [0.2, 0.25) is 0 Å². The van der Waals surface area contributed by atoms with Crippen molar-refractivity contribution in [2.24, 2.45) is 5.92 Å². The molecule has 0 saturated carbocycles. The van der Waals surface area contributed by atoms with Crippen molar-refractivity contribution in [1.29, 1.82) is 0 Å². The van der Waals surface area contributed by atoms with E-state index in [2.05, 4.69) is 5.32 Å². The Morgan fingerprint density at radius 2 is 1.67 bits per heavy atom. The summed E-state index contributed by atoms with van der Waals surface area (Å²) in [7, 11) is 1.55. The summed E-state index contributed by atoms with van der Waals surface area (Å²) < 4.78 is 37.1. The van der Waals surface area contributed by atoms with E-state index in [9.17, 15) is 13.2 Å². The molecule has 0 saturated heterocycles. The van der Waals surface area contributed by atoms with Gasteiger partial charge in [-0.2, -0.15) is 13.2 Å². The van der Waals surface area contributed by atoms with Gasteiger partial charge in [-0.15, -0.1) is 0 Å². The number of hydrogen-bond donors (Lipinski definition) is 1. The molecule has 12 heavy (non-hydrogen) atoms. The highest BCUT2D eigenvalue weighted by molar-refractivity contribution is 4.88. The van der Waals surface area contributed by atoms with Crippen molar-refractivity contribution in [3.63, 3.8) is 0 Å². The highest BCUT2D eigenvalue weighted by atomic mass is 19.4. The van der Waals surface area contributed by atoms with E-state index in [1.807, 2.05) is 0 Å². The monoisotopic (exact) mass is 183 g/mol. The summed E-state index contributed by atoms with van der Waals surface area (Å²) in [5.41, 5.74) is -0.882. The van der Waals surface area contributed by atoms with Crippen LogP contribution in [0.3, 0.4) is 0 Å². The number of alkyl halides is 3. The van der Waals surface area contributed by atoms with Gasteiger partial charge in [-0.1, -0.05) is 6.92 Å². The molecule has 0 radical (unpaired) electrons. The van der Waals surface area contributed by atoms with E-state index in [0.717, 1.165) is 0 Å². The average molecular weight is 183 g/mol. The van der Waals surface area contributed by atoms with Crippen LogP contribution in [0.25, 0.3) is 0 Å². The molecule has 74 valence electrons.